The molecule has 0 atom stereocenters. The molecule has 0 fully saturated rings. The van der Waals surface area contributed by atoms with Crippen LogP contribution in [-0.2, 0) is 6.42 Å². The highest BCUT2D eigenvalue weighted by Gasteiger charge is 2.09. The average Bonchev–Trinajstić information content (AvgIpc) is 3.01. The number of H-pyrrole nitrogens is 1. The zero-order valence-corrected chi connectivity index (χ0v) is 12.0. The molecular weight excluding hydrogens is 302 g/mol. The summed E-state index contributed by atoms with van der Waals surface area (Å²) in [6.45, 7) is 0. The van der Waals surface area contributed by atoms with Crippen molar-refractivity contribution >= 4 is 35.2 Å². The smallest absolute Gasteiger partial charge is 0.284 e. The second kappa shape index (κ2) is 5.24. The Morgan fingerprint density at radius 1 is 1.32 bits per heavy atom. The van der Waals surface area contributed by atoms with E-state index in [-0.39, 0.29) is 4.84 Å². The van der Waals surface area contributed by atoms with Gasteiger partial charge >= 0.3 is 0 Å². The molecule has 0 unspecified atom stereocenters. The van der Waals surface area contributed by atoms with Crippen molar-refractivity contribution in [3.8, 4) is 10.8 Å². The molecule has 2 aromatic heterocycles. The van der Waals surface area contributed by atoms with Gasteiger partial charge in [0.1, 0.15) is 4.88 Å². The van der Waals surface area contributed by atoms with E-state index in [1.54, 1.807) is 6.20 Å². The fourth-order valence-corrected chi connectivity index (χ4v) is 2.73. The summed E-state index contributed by atoms with van der Waals surface area (Å²) in [6, 6.07) is 7.73. The lowest BCUT2D eigenvalue weighted by molar-refractivity contribution is 0.553. The molecule has 19 heavy (non-hydrogen) atoms. The minimum Gasteiger partial charge on any atom is -0.408 e. The number of thiazole rings is 1. The Labute approximate surface area is 123 Å². The fourth-order valence-electron chi connectivity index (χ4n) is 1.60. The van der Waals surface area contributed by atoms with Crippen LogP contribution in [0.15, 0.2) is 34.9 Å². The van der Waals surface area contributed by atoms with E-state index in [2.05, 4.69) is 15.2 Å². The molecule has 1 N–H and O–H groups in total. The second-order valence-electron chi connectivity index (χ2n) is 3.84. The molecule has 0 bridgehead atoms. The standard InChI is InChI=1S/C12H8ClN3OS2/c13-8-3-1-7(2-4-8)5-10-14-6-9(19-10)11-15-16-12(18)17-11/h1-4,6H,5H2,(H,16,18). The third-order valence-electron chi connectivity index (χ3n) is 2.47. The largest absolute Gasteiger partial charge is 0.408 e. The average molecular weight is 310 g/mol. The third kappa shape index (κ3) is 2.91. The van der Waals surface area contributed by atoms with E-state index in [0.29, 0.717) is 5.89 Å². The summed E-state index contributed by atoms with van der Waals surface area (Å²) in [5, 5.41) is 8.29. The number of halogens is 1. The van der Waals surface area contributed by atoms with Crippen molar-refractivity contribution in [2.24, 2.45) is 0 Å². The van der Waals surface area contributed by atoms with E-state index < -0.39 is 0 Å². The van der Waals surface area contributed by atoms with E-state index in [1.165, 1.54) is 11.3 Å². The molecule has 0 amide bonds. The van der Waals surface area contributed by atoms with Gasteiger partial charge in [0, 0.05) is 11.4 Å². The molecule has 0 aliphatic heterocycles. The third-order valence-corrected chi connectivity index (χ3v) is 3.88. The fraction of sp³-hybridized carbons (Fsp3) is 0.0833. The minimum absolute atomic E-state index is 0.266. The van der Waals surface area contributed by atoms with Crippen molar-refractivity contribution in [1.29, 1.82) is 0 Å². The first-order chi connectivity index (χ1) is 9.20. The summed E-state index contributed by atoms with van der Waals surface area (Å²) in [5.41, 5.74) is 1.16. The monoisotopic (exact) mass is 309 g/mol. The van der Waals surface area contributed by atoms with Crippen molar-refractivity contribution in [2.75, 3.05) is 0 Å². The maximum Gasteiger partial charge on any atom is 0.284 e. The zero-order valence-electron chi connectivity index (χ0n) is 9.59. The molecule has 4 nitrogen and oxygen atoms in total. The lowest BCUT2D eigenvalue weighted by Gasteiger charge is -1.97. The van der Waals surface area contributed by atoms with Crippen molar-refractivity contribution in [1.82, 2.24) is 15.2 Å². The minimum atomic E-state index is 0.266. The van der Waals surface area contributed by atoms with Gasteiger partial charge in [-0.1, -0.05) is 23.7 Å². The van der Waals surface area contributed by atoms with Gasteiger partial charge in [0.2, 0.25) is 0 Å². The van der Waals surface area contributed by atoms with Crippen molar-refractivity contribution in [3.05, 3.63) is 50.9 Å². The van der Waals surface area contributed by atoms with Gasteiger partial charge in [-0.25, -0.2) is 10.1 Å². The first kappa shape index (κ1) is 12.5. The Kier molecular flexibility index (Phi) is 3.46. The highest BCUT2D eigenvalue weighted by molar-refractivity contribution is 7.71. The first-order valence-electron chi connectivity index (χ1n) is 5.46. The van der Waals surface area contributed by atoms with Crippen LogP contribution < -0.4 is 0 Å². The number of aromatic nitrogens is 3. The van der Waals surface area contributed by atoms with E-state index in [9.17, 15) is 0 Å². The van der Waals surface area contributed by atoms with E-state index in [1.807, 2.05) is 24.3 Å². The molecule has 0 saturated carbocycles. The molecule has 0 aliphatic carbocycles. The van der Waals surface area contributed by atoms with Gasteiger partial charge in [0.15, 0.2) is 0 Å². The topological polar surface area (TPSA) is 54.7 Å². The summed E-state index contributed by atoms with van der Waals surface area (Å²) in [6.07, 6.45) is 2.50. The Hall–Kier alpha value is -1.50. The van der Waals surface area contributed by atoms with Gasteiger partial charge in [-0.2, -0.15) is 0 Å². The quantitative estimate of drug-likeness (QED) is 0.740. The van der Waals surface area contributed by atoms with Crippen LogP contribution >= 0.6 is 35.2 Å². The van der Waals surface area contributed by atoms with Crippen LogP contribution in [0.25, 0.3) is 10.8 Å². The number of nitrogens with one attached hydrogen (secondary N) is 1. The maximum absolute atomic E-state index is 5.85. The van der Waals surface area contributed by atoms with Gasteiger partial charge in [0.05, 0.1) is 11.2 Å². The normalized spacial score (nSPS) is 10.8. The van der Waals surface area contributed by atoms with Crippen molar-refractivity contribution in [3.63, 3.8) is 0 Å². The lowest BCUT2D eigenvalue weighted by atomic mass is 10.2. The number of hydrogen-bond acceptors (Lipinski definition) is 5. The number of rotatable bonds is 3. The predicted molar refractivity (Wildman–Crippen MR) is 77.1 cm³/mol. The van der Waals surface area contributed by atoms with Crippen LogP contribution in [0.3, 0.4) is 0 Å². The molecule has 0 aliphatic rings. The molecule has 1 aromatic carbocycles. The number of nitrogens with zero attached hydrogens (tertiary/aromatic N) is 2. The summed E-state index contributed by atoms with van der Waals surface area (Å²) in [5.74, 6) is 0.477. The predicted octanol–water partition coefficient (Wildman–Crippen LogP) is 4.10. The number of aromatic amines is 1. The first-order valence-corrected chi connectivity index (χ1v) is 7.06. The Morgan fingerprint density at radius 2 is 2.11 bits per heavy atom. The van der Waals surface area contributed by atoms with Crippen molar-refractivity contribution in [2.45, 2.75) is 6.42 Å². The molecule has 96 valence electrons. The molecule has 0 spiro atoms. The summed E-state index contributed by atoms with van der Waals surface area (Å²) in [7, 11) is 0. The van der Waals surface area contributed by atoms with E-state index >= 15 is 0 Å². The van der Waals surface area contributed by atoms with Gasteiger partial charge in [-0.15, -0.1) is 16.4 Å². The molecule has 3 rings (SSSR count). The number of hydrogen-bond donors (Lipinski definition) is 1. The summed E-state index contributed by atoms with van der Waals surface area (Å²) >= 11 is 12.2. The zero-order chi connectivity index (χ0) is 13.2. The highest BCUT2D eigenvalue weighted by Crippen LogP contribution is 2.26. The molecule has 2 heterocycles. The molecule has 3 aromatic rings. The van der Waals surface area contributed by atoms with E-state index in [4.69, 9.17) is 28.2 Å². The molecule has 7 heteroatoms. The van der Waals surface area contributed by atoms with Gasteiger partial charge in [-0.05, 0) is 29.9 Å². The summed E-state index contributed by atoms with van der Waals surface area (Å²) in [4.78, 5) is 5.48. The molecule has 0 radical (unpaired) electrons. The van der Waals surface area contributed by atoms with Crippen LogP contribution in [0.1, 0.15) is 10.6 Å². The van der Waals surface area contributed by atoms with Gasteiger partial charge < -0.3 is 4.42 Å². The Balaban J connectivity index is 1.81. The van der Waals surface area contributed by atoms with Crippen LogP contribution in [0.4, 0.5) is 0 Å². The lowest BCUT2D eigenvalue weighted by Crippen LogP contribution is -1.85. The van der Waals surface area contributed by atoms with Crippen LogP contribution in [0.5, 0.6) is 0 Å². The number of benzene rings is 1. The van der Waals surface area contributed by atoms with Gasteiger partial charge in [-0.3, -0.25) is 0 Å². The van der Waals surface area contributed by atoms with Gasteiger partial charge in [0.25, 0.3) is 10.7 Å². The maximum atomic E-state index is 5.85. The molecule has 0 saturated heterocycles. The summed E-state index contributed by atoms with van der Waals surface area (Å²) < 4.78 is 5.25. The SMILES string of the molecule is S=c1[nH]nc(-c2cnc(Cc3ccc(Cl)cc3)s2)o1. The second-order valence-corrected chi connectivity index (χ2v) is 5.76. The van der Waals surface area contributed by atoms with E-state index in [0.717, 1.165) is 26.9 Å². The van der Waals surface area contributed by atoms with Crippen LogP contribution in [-0.4, -0.2) is 15.2 Å². The Bertz CT molecular complexity index is 745. The van der Waals surface area contributed by atoms with Crippen LogP contribution in [0.2, 0.25) is 5.02 Å². The highest BCUT2D eigenvalue weighted by atomic mass is 35.5. The Morgan fingerprint density at radius 3 is 2.79 bits per heavy atom. The van der Waals surface area contributed by atoms with Crippen molar-refractivity contribution < 1.29 is 4.42 Å². The van der Waals surface area contributed by atoms with Crippen LogP contribution in [0, 0.1) is 4.84 Å². The molecular formula is C12H8ClN3OS2.